The molecule has 2 aromatic rings. The van der Waals surface area contributed by atoms with Gasteiger partial charge in [-0.05, 0) is 48.6 Å². The van der Waals surface area contributed by atoms with E-state index in [4.69, 9.17) is 0 Å². The second kappa shape index (κ2) is 8.02. The summed E-state index contributed by atoms with van der Waals surface area (Å²) in [7, 11) is 0. The van der Waals surface area contributed by atoms with E-state index >= 15 is 0 Å². The molecule has 2 heterocycles. The fourth-order valence-corrected chi connectivity index (χ4v) is 2.97. The number of amides is 1. The number of carbonyl (C=O) groups is 1. The Balaban J connectivity index is 0.00000225. The summed E-state index contributed by atoms with van der Waals surface area (Å²) in [6.07, 6.45) is 4.14. The molecule has 1 saturated heterocycles. The molecule has 1 atom stereocenters. The maximum Gasteiger partial charge on any atom is 0.276 e. The summed E-state index contributed by atoms with van der Waals surface area (Å²) in [5.41, 5.74) is 2.60. The first-order chi connectivity index (χ1) is 11.4. The SMILES string of the molecule is CC(C)(C)c1ccc(NC(=O)c2ccn(C3CCCNC3)n2)cc1.Cl. The summed E-state index contributed by atoms with van der Waals surface area (Å²) in [5.74, 6) is -0.166. The van der Waals surface area contributed by atoms with Gasteiger partial charge >= 0.3 is 0 Å². The van der Waals surface area contributed by atoms with Crippen molar-refractivity contribution in [1.82, 2.24) is 15.1 Å². The minimum Gasteiger partial charge on any atom is -0.321 e. The summed E-state index contributed by atoms with van der Waals surface area (Å²) < 4.78 is 1.91. The normalized spacial score (nSPS) is 17.6. The van der Waals surface area contributed by atoms with Crippen LogP contribution < -0.4 is 10.6 Å². The third kappa shape index (κ3) is 4.83. The summed E-state index contributed by atoms with van der Waals surface area (Å²) >= 11 is 0. The van der Waals surface area contributed by atoms with Gasteiger partial charge in [0.25, 0.3) is 5.91 Å². The molecule has 0 saturated carbocycles. The summed E-state index contributed by atoms with van der Waals surface area (Å²) in [4.78, 5) is 12.4. The largest absolute Gasteiger partial charge is 0.321 e. The van der Waals surface area contributed by atoms with Gasteiger partial charge in [-0.15, -0.1) is 12.4 Å². The number of nitrogens with zero attached hydrogens (tertiary/aromatic N) is 2. The second-order valence-electron chi connectivity index (χ2n) is 7.46. The van der Waals surface area contributed by atoms with Gasteiger partial charge in [0.15, 0.2) is 5.69 Å². The van der Waals surface area contributed by atoms with Crippen LogP contribution in [0.25, 0.3) is 0 Å². The predicted molar refractivity (Wildman–Crippen MR) is 104 cm³/mol. The van der Waals surface area contributed by atoms with Crippen molar-refractivity contribution in [1.29, 1.82) is 0 Å². The number of rotatable bonds is 3. The lowest BCUT2D eigenvalue weighted by atomic mass is 9.87. The van der Waals surface area contributed by atoms with Gasteiger partial charge < -0.3 is 10.6 Å². The molecular formula is C19H27ClN4O. The van der Waals surface area contributed by atoms with Crippen LogP contribution in [0.2, 0.25) is 0 Å². The first-order valence-electron chi connectivity index (χ1n) is 8.61. The lowest BCUT2D eigenvalue weighted by Gasteiger charge is -2.22. The number of nitrogens with one attached hydrogen (secondary N) is 2. The Labute approximate surface area is 155 Å². The molecule has 1 aliphatic heterocycles. The number of benzene rings is 1. The van der Waals surface area contributed by atoms with Crippen LogP contribution in [-0.2, 0) is 5.41 Å². The Morgan fingerprint density at radius 3 is 2.56 bits per heavy atom. The van der Waals surface area contributed by atoms with E-state index in [1.807, 2.05) is 23.0 Å². The summed E-state index contributed by atoms with van der Waals surface area (Å²) in [5, 5.41) is 10.7. The number of hydrogen-bond donors (Lipinski definition) is 2. The molecule has 1 amide bonds. The van der Waals surface area contributed by atoms with Crippen LogP contribution in [-0.4, -0.2) is 28.8 Å². The molecule has 0 spiro atoms. The molecular weight excluding hydrogens is 336 g/mol. The van der Waals surface area contributed by atoms with Gasteiger partial charge in [-0.25, -0.2) is 0 Å². The minimum absolute atomic E-state index is 0. The van der Waals surface area contributed by atoms with Gasteiger partial charge in [-0.3, -0.25) is 9.48 Å². The third-order valence-corrected chi connectivity index (χ3v) is 4.49. The van der Waals surface area contributed by atoms with Crippen molar-refractivity contribution >= 4 is 24.0 Å². The molecule has 6 heteroatoms. The average molecular weight is 363 g/mol. The molecule has 5 nitrogen and oxygen atoms in total. The van der Waals surface area contributed by atoms with Crippen molar-refractivity contribution in [2.75, 3.05) is 18.4 Å². The average Bonchev–Trinajstić information content (AvgIpc) is 3.05. The maximum absolute atomic E-state index is 12.4. The monoisotopic (exact) mass is 362 g/mol. The second-order valence-corrected chi connectivity index (χ2v) is 7.46. The highest BCUT2D eigenvalue weighted by atomic mass is 35.5. The van der Waals surface area contributed by atoms with Crippen LogP contribution in [0, 0.1) is 0 Å². The molecule has 1 unspecified atom stereocenters. The Morgan fingerprint density at radius 1 is 1.24 bits per heavy atom. The Morgan fingerprint density at radius 2 is 1.96 bits per heavy atom. The number of piperidine rings is 1. The van der Waals surface area contributed by atoms with E-state index < -0.39 is 0 Å². The van der Waals surface area contributed by atoms with Crippen LogP contribution in [0.1, 0.15) is 55.7 Å². The molecule has 3 rings (SSSR count). The number of carbonyl (C=O) groups excluding carboxylic acids is 1. The lowest BCUT2D eigenvalue weighted by Crippen LogP contribution is -2.32. The molecule has 0 radical (unpaired) electrons. The molecule has 2 N–H and O–H groups in total. The molecule has 1 aliphatic rings. The molecule has 1 aromatic heterocycles. The standard InChI is InChI=1S/C19H26N4O.ClH/c1-19(2,3)14-6-8-15(9-7-14)21-18(24)17-10-12-23(22-17)16-5-4-11-20-13-16;/h6-10,12,16,20H,4-5,11,13H2,1-3H3,(H,21,24);1H. The highest BCUT2D eigenvalue weighted by Gasteiger charge is 2.18. The Bertz CT molecular complexity index is 697. The van der Waals surface area contributed by atoms with Gasteiger partial charge in [0.2, 0.25) is 0 Å². The van der Waals surface area contributed by atoms with E-state index in [1.165, 1.54) is 5.56 Å². The highest BCUT2D eigenvalue weighted by molar-refractivity contribution is 6.02. The lowest BCUT2D eigenvalue weighted by molar-refractivity contribution is 0.102. The number of aromatic nitrogens is 2. The van der Waals surface area contributed by atoms with Gasteiger partial charge in [0.1, 0.15) is 0 Å². The van der Waals surface area contributed by atoms with Gasteiger partial charge in [-0.1, -0.05) is 32.9 Å². The molecule has 0 bridgehead atoms. The molecule has 136 valence electrons. The van der Waals surface area contributed by atoms with Crippen molar-refractivity contribution in [3.8, 4) is 0 Å². The number of anilines is 1. The van der Waals surface area contributed by atoms with Crippen molar-refractivity contribution in [2.24, 2.45) is 0 Å². The summed E-state index contributed by atoms with van der Waals surface area (Å²) in [6, 6.07) is 10.1. The first kappa shape index (κ1) is 19.5. The number of hydrogen-bond acceptors (Lipinski definition) is 3. The fraction of sp³-hybridized carbons (Fsp3) is 0.474. The maximum atomic E-state index is 12.4. The number of halogens is 1. The minimum atomic E-state index is -0.166. The van der Waals surface area contributed by atoms with E-state index in [2.05, 4.69) is 48.6 Å². The zero-order valence-corrected chi connectivity index (χ0v) is 15.9. The first-order valence-corrected chi connectivity index (χ1v) is 8.61. The topological polar surface area (TPSA) is 59.0 Å². The zero-order chi connectivity index (χ0) is 17.2. The van der Waals surface area contributed by atoms with Gasteiger partial charge in [0, 0.05) is 18.4 Å². The Hall–Kier alpha value is -1.85. The molecule has 1 aromatic carbocycles. The quantitative estimate of drug-likeness (QED) is 0.873. The van der Waals surface area contributed by atoms with Crippen LogP contribution in [0.4, 0.5) is 5.69 Å². The van der Waals surface area contributed by atoms with E-state index in [-0.39, 0.29) is 23.7 Å². The van der Waals surface area contributed by atoms with Crippen LogP contribution >= 0.6 is 12.4 Å². The van der Waals surface area contributed by atoms with E-state index in [0.29, 0.717) is 11.7 Å². The fourth-order valence-electron chi connectivity index (χ4n) is 2.97. The zero-order valence-electron chi connectivity index (χ0n) is 15.1. The van der Waals surface area contributed by atoms with E-state index in [1.54, 1.807) is 6.07 Å². The van der Waals surface area contributed by atoms with Crippen LogP contribution in [0.3, 0.4) is 0 Å². The van der Waals surface area contributed by atoms with Crippen molar-refractivity contribution in [3.63, 3.8) is 0 Å². The van der Waals surface area contributed by atoms with Crippen molar-refractivity contribution < 1.29 is 4.79 Å². The predicted octanol–water partition coefficient (Wildman–Crippen LogP) is 3.78. The van der Waals surface area contributed by atoms with Crippen LogP contribution in [0.15, 0.2) is 36.5 Å². The van der Waals surface area contributed by atoms with E-state index in [0.717, 1.165) is 31.6 Å². The van der Waals surface area contributed by atoms with Gasteiger partial charge in [-0.2, -0.15) is 5.10 Å². The molecule has 1 fully saturated rings. The van der Waals surface area contributed by atoms with Crippen LogP contribution in [0.5, 0.6) is 0 Å². The molecule has 0 aliphatic carbocycles. The molecule has 25 heavy (non-hydrogen) atoms. The van der Waals surface area contributed by atoms with Crippen molar-refractivity contribution in [2.45, 2.75) is 45.1 Å². The highest BCUT2D eigenvalue weighted by Crippen LogP contribution is 2.23. The third-order valence-electron chi connectivity index (χ3n) is 4.49. The van der Waals surface area contributed by atoms with Crippen molar-refractivity contribution in [3.05, 3.63) is 47.8 Å². The van der Waals surface area contributed by atoms with E-state index in [9.17, 15) is 4.79 Å². The Kier molecular flexibility index (Phi) is 6.25. The smallest absolute Gasteiger partial charge is 0.276 e. The summed E-state index contributed by atoms with van der Waals surface area (Å²) in [6.45, 7) is 8.50. The van der Waals surface area contributed by atoms with Gasteiger partial charge in [0.05, 0.1) is 6.04 Å².